The molecule has 2 aromatic rings. The average Bonchev–Trinajstić information content (AvgIpc) is 2.32. The molecule has 1 aromatic carbocycles. The van der Waals surface area contributed by atoms with Crippen molar-refractivity contribution in [3.05, 3.63) is 51.0 Å². The van der Waals surface area contributed by atoms with E-state index in [1.54, 1.807) is 6.07 Å². The minimum atomic E-state index is -0.604. The van der Waals surface area contributed by atoms with Crippen molar-refractivity contribution in [3.63, 3.8) is 0 Å². The fourth-order valence-corrected chi connectivity index (χ4v) is 1.73. The Bertz CT molecular complexity index is 719. The standard InChI is InChI=1S/C12H6ClFN2O2/c13-9-3-6(1-2-10(9)14)7-4-11(17)16-12(18)8(7)5-15/h1-4H,(H2,16,17,18). The summed E-state index contributed by atoms with van der Waals surface area (Å²) in [5.41, 5.74) is -0.0979. The summed E-state index contributed by atoms with van der Waals surface area (Å²) in [5, 5.41) is 18.3. The zero-order chi connectivity index (χ0) is 13.3. The van der Waals surface area contributed by atoms with Gasteiger partial charge in [0.25, 0.3) is 5.56 Å². The highest BCUT2D eigenvalue weighted by Gasteiger charge is 2.13. The van der Waals surface area contributed by atoms with Gasteiger partial charge in [0, 0.05) is 11.6 Å². The summed E-state index contributed by atoms with van der Waals surface area (Å²) in [4.78, 5) is 13.4. The molecule has 1 aromatic heterocycles. The first-order valence-corrected chi connectivity index (χ1v) is 5.22. The van der Waals surface area contributed by atoms with Crippen molar-refractivity contribution in [2.45, 2.75) is 0 Å². The molecule has 2 N–H and O–H groups in total. The molecule has 90 valence electrons. The summed E-state index contributed by atoms with van der Waals surface area (Å²) >= 11 is 5.63. The maximum Gasteiger partial charge on any atom is 0.251 e. The van der Waals surface area contributed by atoms with E-state index in [0.717, 1.165) is 12.1 Å². The van der Waals surface area contributed by atoms with Crippen molar-refractivity contribution in [1.29, 1.82) is 5.26 Å². The fourth-order valence-electron chi connectivity index (χ4n) is 1.55. The molecule has 0 unspecified atom stereocenters. The lowest BCUT2D eigenvalue weighted by Gasteiger charge is -2.06. The first-order valence-electron chi connectivity index (χ1n) is 4.84. The molecule has 4 nitrogen and oxygen atoms in total. The van der Waals surface area contributed by atoms with Gasteiger partial charge in [-0.1, -0.05) is 17.7 Å². The van der Waals surface area contributed by atoms with Crippen LogP contribution in [-0.4, -0.2) is 10.1 Å². The van der Waals surface area contributed by atoms with Gasteiger partial charge in [0.1, 0.15) is 17.4 Å². The van der Waals surface area contributed by atoms with Crippen LogP contribution in [0.5, 0.6) is 5.88 Å². The molecule has 0 bridgehead atoms. The van der Waals surface area contributed by atoms with Crippen LogP contribution < -0.4 is 5.56 Å². The van der Waals surface area contributed by atoms with Gasteiger partial charge in [0.05, 0.1) is 5.02 Å². The Morgan fingerprint density at radius 2 is 2.11 bits per heavy atom. The third-order valence-corrected chi connectivity index (χ3v) is 2.66. The highest BCUT2D eigenvalue weighted by Crippen LogP contribution is 2.29. The van der Waals surface area contributed by atoms with Gasteiger partial charge in [-0.15, -0.1) is 0 Å². The molecule has 0 atom stereocenters. The van der Waals surface area contributed by atoms with Crippen LogP contribution in [0.3, 0.4) is 0 Å². The van der Waals surface area contributed by atoms with Crippen LogP contribution in [0, 0.1) is 17.1 Å². The highest BCUT2D eigenvalue weighted by molar-refractivity contribution is 6.31. The van der Waals surface area contributed by atoms with Crippen LogP contribution >= 0.6 is 11.6 Å². The molecular formula is C12H6ClFN2O2. The number of pyridine rings is 1. The second-order valence-electron chi connectivity index (χ2n) is 3.51. The molecule has 0 amide bonds. The molecule has 0 fully saturated rings. The van der Waals surface area contributed by atoms with Gasteiger partial charge in [0.2, 0.25) is 5.88 Å². The van der Waals surface area contributed by atoms with E-state index in [1.165, 1.54) is 12.1 Å². The summed E-state index contributed by atoms with van der Waals surface area (Å²) in [6.07, 6.45) is 0. The monoisotopic (exact) mass is 264 g/mol. The number of benzene rings is 1. The van der Waals surface area contributed by atoms with Gasteiger partial charge < -0.3 is 5.11 Å². The highest BCUT2D eigenvalue weighted by atomic mass is 35.5. The minimum Gasteiger partial charge on any atom is -0.494 e. The number of hydrogen-bond acceptors (Lipinski definition) is 3. The van der Waals surface area contributed by atoms with Crippen LogP contribution in [0.4, 0.5) is 4.39 Å². The van der Waals surface area contributed by atoms with Crippen molar-refractivity contribution >= 4 is 11.6 Å². The first-order chi connectivity index (χ1) is 8.52. The van der Waals surface area contributed by atoms with Gasteiger partial charge in [-0.2, -0.15) is 5.26 Å². The van der Waals surface area contributed by atoms with Crippen molar-refractivity contribution in [2.75, 3.05) is 0 Å². The Labute approximate surface area is 106 Å². The van der Waals surface area contributed by atoms with Gasteiger partial charge in [-0.05, 0) is 17.7 Å². The summed E-state index contributed by atoms with van der Waals surface area (Å²) in [6.45, 7) is 0. The van der Waals surface area contributed by atoms with E-state index in [2.05, 4.69) is 4.98 Å². The van der Waals surface area contributed by atoms with E-state index >= 15 is 0 Å². The third kappa shape index (κ3) is 2.06. The maximum absolute atomic E-state index is 13.0. The van der Waals surface area contributed by atoms with E-state index < -0.39 is 17.3 Å². The van der Waals surface area contributed by atoms with E-state index in [4.69, 9.17) is 16.9 Å². The lowest BCUT2D eigenvalue weighted by Crippen LogP contribution is -2.06. The molecule has 6 heteroatoms. The zero-order valence-corrected chi connectivity index (χ0v) is 9.62. The molecular weight excluding hydrogens is 259 g/mol. The molecule has 0 saturated heterocycles. The van der Waals surface area contributed by atoms with Crippen molar-refractivity contribution in [3.8, 4) is 23.1 Å². The van der Waals surface area contributed by atoms with E-state index in [1.807, 2.05) is 0 Å². The number of rotatable bonds is 1. The number of nitrogens with one attached hydrogen (secondary N) is 1. The number of aromatic hydroxyl groups is 1. The number of aromatic amines is 1. The zero-order valence-electron chi connectivity index (χ0n) is 8.87. The minimum absolute atomic E-state index is 0.0997. The second kappa shape index (κ2) is 4.51. The Kier molecular flexibility index (Phi) is 3.04. The Morgan fingerprint density at radius 1 is 1.39 bits per heavy atom. The summed E-state index contributed by atoms with van der Waals surface area (Å²) in [7, 11) is 0. The first kappa shape index (κ1) is 12.1. The van der Waals surface area contributed by atoms with Crippen molar-refractivity contribution in [1.82, 2.24) is 4.98 Å². The predicted molar refractivity (Wildman–Crippen MR) is 63.8 cm³/mol. The molecule has 0 aliphatic carbocycles. The van der Waals surface area contributed by atoms with Crippen LogP contribution in [0.25, 0.3) is 11.1 Å². The number of nitriles is 1. The van der Waals surface area contributed by atoms with E-state index in [0.29, 0.717) is 5.56 Å². The van der Waals surface area contributed by atoms with Crippen LogP contribution in [0.15, 0.2) is 29.1 Å². The van der Waals surface area contributed by atoms with Gasteiger partial charge in [-0.3, -0.25) is 9.78 Å². The van der Waals surface area contributed by atoms with E-state index in [-0.39, 0.29) is 16.1 Å². The Morgan fingerprint density at radius 3 is 2.72 bits per heavy atom. The lowest BCUT2D eigenvalue weighted by atomic mass is 10.0. The lowest BCUT2D eigenvalue weighted by molar-refractivity contribution is 0.450. The quantitative estimate of drug-likeness (QED) is 0.830. The van der Waals surface area contributed by atoms with Crippen molar-refractivity contribution in [2.24, 2.45) is 0 Å². The van der Waals surface area contributed by atoms with Crippen LogP contribution in [-0.2, 0) is 0 Å². The van der Waals surface area contributed by atoms with Gasteiger partial charge >= 0.3 is 0 Å². The van der Waals surface area contributed by atoms with Gasteiger partial charge in [0.15, 0.2) is 0 Å². The molecule has 0 spiro atoms. The third-order valence-electron chi connectivity index (χ3n) is 2.37. The van der Waals surface area contributed by atoms with Gasteiger partial charge in [-0.25, -0.2) is 4.39 Å². The number of hydrogen-bond donors (Lipinski definition) is 2. The number of nitrogens with zero attached hydrogens (tertiary/aromatic N) is 1. The average molecular weight is 265 g/mol. The molecule has 0 radical (unpaired) electrons. The molecule has 18 heavy (non-hydrogen) atoms. The summed E-state index contributed by atoms with van der Waals surface area (Å²) < 4.78 is 13.0. The predicted octanol–water partition coefficient (Wildman–Crippen LogP) is 2.41. The molecule has 0 aliphatic rings. The number of aromatic nitrogens is 1. The molecule has 1 heterocycles. The molecule has 2 rings (SSSR count). The smallest absolute Gasteiger partial charge is 0.251 e. The fraction of sp³-hybridized carbons (Fsp3) is 0. The number of halogens is 2. The van der Waals surface area contributed by atoms with Crippen LogP contribution in [0.2, 0.25) is 5.02 Å². The van der Waals surface area contributed by atoms with Crippen LogP contribution in [0.1, 0.15) is 5.56 Å². The normalized spacial score (nSPS) is 10.1. The largest absolute Gasteiger partial charge is 0.494 e. The SMILES string of the molecule is N#Cc1c(-c2ccc(F)c(Cl)c2)cc(=O)[nH]c1O. The number of H-pyrrole nitrogens is 1. The van der Waals surface area contributed by atoms with E-state index in [9.17, 15) is 14.3 Å². The van der Waals surface area contributed by atoms with Crippen molar-refractivity contribution < 1.29 is 9.50 Å². The molecule has 0 saturated carbocycles. The second-order valence-corrected chi connectivity index (χ2v) is 3.92. The summed E-state index contributed by atoms with van der Waals surface area (Å²) in [6, 6.07) is 6.68. The molecule has 0 aliphatic heterocycles. The Balaban J connectivity index is 2.74. The Hall–Kier alpha value is -2.32. The maximum atomic E-state index is 13.0. The summed E-state index contributed by atoms with van der Waals surface area (Å²) in [5.74, 6) is -1.13. The topological polar surface area (TPSA) is 76.9 Å².